The van der Waals surface area contributed by atoms with Gasteiger partial charge in [-0.05, 0) is 32.1 Å². The van der Waals surface area contributed by atoms with E-state index in [4.69, 9.17) is 10.5 Å². The lowest BCUT2D eigenvalue weighted by atomic mass is 9.85. The molecule has 13 heavy (non-hydrogen) atoms. The van der Waals surface area contributed by atoms with Crippen LogP contribution < -0.4 is 5.73 Å². The average Bonchev–Trinajstić information content (AvgIpc) is 2.46. The van der Waals surface area contributed by atoms with Crippen LogP contribution in [-0.2, 0) is 4.74 Å². The van der Waals surface area contributed by atoms with E-state index in [0.29, 0.717) is 12.5 Å². The number of nitrogens with two attached hydrogens (primary N) is 1. The molecule has 1 aliphatic heterocycles. The minimum atomic E-state index is -0.0692. The normalized spacial score (nSPS) is 40.2. The van der Waals surface area contributed by atoms with Crippen molar-refractivity contribution in [3.8, 4) is 0 Å². The van der Waals surface area contributed by atoms with Gasteiger partial charge in [0, 0.05) is 6.54 Å². The highest BCUT2D eigenvalue weighted by molar-refractivity contribution is 4.96. The molecule has 1 saturated heterocycles. The largest absolute Gasteiger partial charge is 0.367 e. The van der Waals surface area contributed by atoms with Gasteiger partial charge in [0.2, 0.25) is 0 Å². The van der Waals surface area contributed by atoms with Gasteiger partial charge in [0.1, 0.15) is 0 Å². The van der Waals surface area contributed by atoms with Crippen molar-refractivity contribution in [3.05, 3.63) is 0 Å². The van der Waals surface area contributed by atoms with Gasteiger partial charge in [-0.2, -0.15) is 0 Å². The minimum Gasteiger partial charge on any atom is -0.367 e. The molecule has 0 aromatic rings. The summed E-state index contributed by atoms with van der Waals surface area (Å²) in [5.41, 5.74) is 5.74. The molecule has 0 saturated carbocycles. The topological polar surface area (TPSA) is 35.2 Å². The molecule has 0 aromatic carbocycles. The second kappa shape index (κ2) is 3.58. The Bertz CT molecular complexity index is 181. The maximum atomic E-state index is 6.17. The molecule has 2 N–H and O–H groups in total. The first-order valence-electron chi connectivity index (χ1n) is 5.38. The van der Waals surface area contributed by atoms with E-state index in [1.54, 1.807) is 0 Å². The molecule has 0 aliphatic carbocycles. The highest BCUT2D eigenvalue weighted by atomic mass is 16.5. The van der Waals surface area contributed by atoms with Gasteiger partial charge in [-0.1, -0.05) is 20.8 Å². The molecular formula is C11H23NO. The number of ether oxygens (including phenoxy) is 1. The zero-order valence-electron chi connectivity index (χ0n) is 9.39. The predicted octanol–water partition coefficient (Wildman–Crippen LogP) is 2.32. The van der Waals surface area contributed by atoms with Gasteiger partial charge in [0.05, 0.1) is 11.2 Å². The molecule has 1 heterocycles. The Morgan fingerprint density at radius 3 is 2.23 bits per heavy atom. The highest BCUT2D eigenvalue weighted by Gasteiger charge is 2.46. The molecule has 2 heteroatoms. The molecule has 0 aromatic heterocycles. The standard InChI is InChI=1S/C11H23NO/c1-5-11(9(2)3)7-6-10(4,8-12)13-11/h9H,5-8,12H2,1-4H3. The van der Waals surface area contributed by atoms with Gasteiger partial charge in [-0.15, -0.1) is 0 Å². The van der Waals surface area contributed by atoms with Crippen molar-refractivity contribution in [1.29, 1.82) is 0 Å². The van der Waals surface area contributed by atoms with Crippen LogP contribution >= 0.6 is 0 Å². The minimum absolute atomic E-state index is 0.0692. The lowest BCUT2D eigenvalue weighted by Gasteiger charge is -2.35. The summed E-state index contributed by atoms with van der Waals surface area (Å²) in [6.45, 7) is 9.47. The smallest absolute Gasteiger partial charge is 0.0784 e. The Morgan fingerprint density at radius 2 is 2.00 bits per heavy atom. The van der Waals surface area contributed by atoms with Gasteiger partial charge < -0.3 is 10.5 Å². The summed E-state index contributed by atoms with van der Waals surface area (Å²) in [5, 5.41) is 0. The second-order valence-corrected chi connectivity index (χ2v) is 4.83. The first-order valence-corrected chi connectivity index (χ1v) is 5.38. The molecule has 0 bridgehead atoms. The molecule has 0 radical (unpaired) electrons. The van der Waals surface area contributed by atoms with E-state index in [1.165, 1.54) is 0 Å². The fourth-order valence-corrected chi connectivity index (χ4v) is 2.28. The first kappa shape index (κ1) is 11.0. The highest BCUT2D eigenvalue weighted by Crippen LogP contribution is 2.43. The third-order valence-electron chi connectivity index (χ3n) is 3.61. The zero-order chi connectivity index (χ0) is 10.1. The van der Waals surface area contributed by atoms with Crippen LogP contribution in [0.15, 0.2) is 0 Å². The molecule has 78 valence electrons. The van der Waals surface area contributed by atoms with Crippen LogP contribution in [0.4, 0.5) is 0 Å². The Morgan fingerprint density at radius 1 is 1.38 bits per heavy atom. The van der Waals surface area contributed by atoms with Crippen molar-refractivity contribution in [2.75, 3.05) is 6.54 Å². The quantitative estimate of drug-likeness (QED) is 0.732. The molecule has 1 aliphatic rings. The van der Waals surface area contributed by atoms with Crippen LogP contribution in [0.3, 0.4) is 0 Å². The first-order chi connectivity index (χ1) is 5.98. The second-order valence-electron chi connectivity index (χ2n) is 4.83. The van der Waals surface area contributed by atoms with Crippen molar-refractivity contribution in [3.63, 3.8) is 0 Å². The maximum absolute atomic E-state index is 6.17. The fourth-order valence-electron chi connectivity index (χ4n) is 2.28. The average molecular weight is 185 g/mol. The van der Waals surface area contributed by atoms with Crippen LogP contribution in [0.1, 0.15) is 47.0 Å². The monoisotopic (exact) mass is 185 g/mol. The summed E-state index contributed by atoms with van der Waals surface area (Å²) in [6, 6.07) is 0. The van der Waals surface area contributed by atoms with Gasteiger partial charge >= 0.3 is 0 Å². The number of hydrogen-bond acceptors (Lipinski definition) is 2. The third kappa shape index (κ3) is 1.89. The zero-order valence-corrected chi connectivity index (χ0v) is 9.39. The molecule has 0 spiro atoms. The van der Waals surface area contributed by atoms with Crippen LogP contribution in [0.2, 0.25) is 0 Å². The van der Waals surface area contributed by atoms with Crippen molar-refractivity contribution in [1.82, 2.24) is 0 Å². The molecule has 1 rings (SSSR count). The van der Waals surface area contributed by atoms with E-state index in [-0.39, 0.29) is 11.2 Å². The van der Waals surface area contributed by atoms with E-state index in [0.717, 1.165) is 19.3 Å². The molecule has 0 amide bonds. The van der Waals surface area contributed by atoms with E-state index >= 15 is 0 Å². The lowest BCUT2D eigenvalue weighted by molar-refractivity contribution is -0.115. The van der Waals surface area contributed by atoms with Crippen LogP contribution in [0.25, 0.3) is 0 Å². The third-order valence-corrected chi connectivity index (χ3v) is 3.61. The summed E-state index contributed by atoms with van der Waals surface area (Å²) in [6.07, 6.45) is 3.37. The molecule has 1 fully saturated rings. The van der Waals surface area contributed by atoms with Gasteiger partial charge in [-0.3, -0.25) is 0 Å². The molecule has 2 atom stereocenters. The van der Waals surface area contributed by atoms with Gasteiger partial charge in [0.25, 0.3) is 0 Å². The van der Waals surface area contributed by atoms with E-state index in [2.05, 4.69) is 27.7 Å². The van der Waals surface area contributed by atoms with Crippen LogP contribution in [-0.4, -0.2) is 17.7 Å². The van der Waals surface area contributed by atoms with E-state index in [1.807, 2.05) is 0 Å². The summed E-state index contributed by atoms with van der Waals surface area (Å²) in [4.78, 5) is 0. The Labute approximate surface area is 81.8 Å². The Hall–Kier alpha value is -0.0800. The fraction of sp³-hybridized carbons (Fsp3) is 1.00. The van der Waals surface area contributed by atoms with Gasteiger partial charge in [0.15, 0.2) is 0 Å². The van der Waals surface area contributed by atoms with Crippen molar-refractivity contribution in [2.24, 2.45) is 11.7 Å². The number of rotatable bonds is 3. The maximum Gasteiger partial charge on any atom is 0.0784 e. The molecular weight excluding hydrogens is 162 g/mol. The van der Waals surface area contributed by atoms with Crippen molar-refractivity contribution < 1.29 is 4.74 Å². The SMILES string of the molecule is CCC1(C(C)C)CCC(C)(CN)O1. The van der Waals surface area contributed by atoms with Crippen molar-refractivity contribution in [2.45, 2.75) is 58.2 Å². The summed E-state index contributed by atoms with van der Waals surface area (Å²) >= 11 is 0. The van der Waals surface area contributed by atoms with Crippen LogP contribution in [0.5, 0.6) is 0 Å². The van der Waals surface area contributed by atoms with E-state index < -0.39 is 0 Å². The van der Waals surface area contributed by atoms with Gasteiger partial charge in [-0.25, -0.2) is 0 Å². The summed E-state index contributed by atoms with van der Waals surface area (Å²) in [7, 11) is 0. The number of hydrogen-bond donors (Lipinski definition) is 1. The Kier molecular flexibility index (Phi) is 3.03. The Balaban J connectivity index is 2.74. The lowest BCUT2D eigenvalue weighted by Crippen LogP contribution is -2.41. The van der Waals surface area contributed by atoms with Crippen LogP contribution in [0, 0.1) is 5.92 Å². The predicted molar refractivity (Wildman–Crippen MR) is 55.6 cm³/mol. The molecule has 2 nitrogen and oxygen atoms in total. The van der Waals surface area contributed by atoms with Crippen molar-refractivity contribution >= 4 is 0 Å². The molecule has 2 unspecified atom stereocenters. The summed E-state index contributed by atoms with van der Waals surface area (Å²) in [5.74, 6) is 0.589. The summed E-state index contributed by atoms with van der Waals surface area (Å²) < 4.78 is 6.17. The van der Waals surface area contributed by atoms with E-state index in [9.17, 15) is 0 Å².